The van der Waals surface area contributed by atoms with Gasteiger partial charge in [0.2, 0.25) is 0 Å². The highest BCUT2D eigenvalue weighted by molar-refractivity contribution is 7.98. The molecule has 90 valence electrons. The van der Waals surface area contributed by atoms with Gasteiger partial charge in [0.15, 0.2) is 10.8 Å². The van der Waals surface area contributed by atoms with Crippen LogP contribution in [0, 0.1) is 56.2 Å². The Hall–Kier alpha value is -2.47. The van der Waals surface area contributed by atoms with Gasteiger partial charge >= 0.3 is 0 Å². The Morgan fingerprint density at radius 1 is 0.895 bits per heavy atom. The summed E-state index contributed by atoms with van der Waals surface area (Å²) < 4.78 is 0. The summed E-state index contributed by atoms with van der Waals surface area (Å²) in [7, 11) is 0. The van der Waals surface area contributed by atoms with Crippen molar-refractivity contribution in [1.82, 2.24) is 0 Å². The van der Waals surface area contributed by atoms with E-state index in [1.807, 2.05) is 42.7 Å². The number of hydrogen-bond acceptors (Lipinski definition) is 5. The van der Waals surface area contributed by atoms with Crippen LogP contribution in [0.2, 0.25) is 0 Å². The summed E-state index contributed by atoms with van der Waals surface area (Å²) in [4.78, 5) is 1.04. The van der Waals surface area contributed by atoms with Gasteiger partial charge in [0, 0.05) is 4.90 Å². The minimum Gasteiger partial charge on any atom is -0.196 e. The van der Waals surface area contributed by atoms with Crippen LogP contribution >= 0.6 is 11.8 Å². The summed E-state index contributed by atoms with van der Waals surface area (Å²) in [6.07, 6.45) is 1.94. The van der Waals surface area contributed by atoms with Crippen molar-refractivity contribution in [2.45, 2.75) is 10.8 Å². The second-order valence-electron chi connectivity index (χ2n) is 4.27. The number of thioether (sulfide) groups is 1. The van der Waals surface area contributed by atoms with E-state index in [0.29, 0.717) is 5.56 Å². The first kappa shape index (κ1) is 13.0. The van der Waals surface area contributed by atoms with Gasteiger partial charge in [-0.2, -0.15) is 21.0 Å². The van der Waals surface area contributed by atoms with Crippen LogP contribution in [-0.4, -0.2) is 6.26 Å². The van der Waals surface area contributed by atoms with E-state index in [4.69, 9.17) is 0 Å². The van der Waals surface area contributed by atoms with Crippen molar-refractivity contribution in [3.05, 3.63) is 29.8 Å². The lowest BCUT2D eigenvalue weighted by atomic mass is 9.98. The smallest absolute Gasteiger partial charge is 0.185 e. The van der Waals surface area contributed by atoms with Gasteiger partial charge in [-0.1, -0.05) is 12.1 Å². The van der Waals surface area contributed by atoms with Gasteiger partial charge in [-0.15, -0.1) is 11.8 Å². The number of nitriles is 4. The number of benzene rings is 1. The molecule has 0 N–H and O–H groups in total. The van der Waals surface area contributed by atoms with Crippen molar-refractivity contribution in [3.63, 3.8) is 0 Å². The van der Waals surface area contributed by atoms with Crippen molar-refractivity contribution in [2.75, 3.05) is 6.26 Å². The molecule has 1 aromatic rings. The largest absolute Gasteiger partial charge is 0.196 e. The third kappa shape index (κ3) is 1.43. The van der Waals surface area contributed by atoms with Gasteiger partial charge in [-0.3, -0.25) is 0 Å². The van der Waals surface area contributed by atoms with Crippen LogP contribution in [0.4, 0.5) is 0 Å². The molecule has 2 rings (SSSR count). The van der Waals surface area contributed by atoms with Gasteiger partial charge in [-0.05, 0) is 24.0 Å². The Labute approximate surface area is 115 Å². The summed E-state index contributed by atoms with van der Waals surface area (Å²) in [6.45, 7) is 0. The molecule has 0 bridgehead atoms. The van der Waals surface area contributed by atoms with Gasteiger partial charge in [-0.25, -0.2) is 0 Å². The summed E-state index contributed by atoms with van der Waals surface area (Å²) >= 11 is 1.57. The standard InChI is InChI=1S/C14H8N4S/c1-19-11-4-2-10(3-5-11)12-13(6-15,7-16)14(12,8-17)9-18/h2-5,12H,1H3. The predicted octanol–water partition coefficient (Wildman–Crippen LogP) is 2.57. The van der Waals surface area contributed by atoms with Crippen molar-refractivity contribution < 1.29 is 0 Å². The first-order chi connectivity index (χ1) is 9.15. The average Bonchev–Trinajstić information content (AvgIpc) is 3.10. The molecule has 0 saturated heterocycles. The Morgan fingerprint density at radius 3 is 1.63 bits per heavy atom. The molecule has 0 radical (unpaired) electrons. The molecule has 0 amide bonds. The molecule has 1 aliphatic carbocycles. The van der Waals surface area contributed by atoms with E-state index in [-0.39, 0.29) is 0 Å². The first-order valence-electron chi connectivity index (χ1n) is 5.44. The fourth-order valence-corrected chi connectivity index (χ4v) is 2.84. The topological polar surface area (TPSA) is 95.2 Å². The summed E-state index contributed by atoms with van der Waals surface area (Å²) in [6, 6.07) is 14.7. The van der Waals surface area contributed by atoms with E-state index >= 15 is 0 Å². The van der Waals surface area contributed by atoms with Crippen molar-refractivity contribution >= 4 is 11.8 Å². The molecule has 0 heterocycles. The second-order valence-corrected chi connectivity index (χ2v) is 5.15. The quantitative estimate of drug-likeness (QED) is 0.765. The van der Waals surface area contributed by atoms with Crippen LogP contribution in [0.3, 0.4) is 0 Å². The Balaban J connectivity index is 2.52. The lowest BCUT2D eigenvalue weighted by Crippen LogP contribution is -2.05. The van der Waals surface area contributed by atoms with E-state index in [1.165, 1.54) is 0 Å². The predicted molar refractivity (Wildman–Crippen MR) is 68.3 cm³/mol. The molecule has 0 unspecified atom stereocenters. The lowest BCUT2D eigenvalue weighted by molar-refractivity contribution is 0.727. The molecule has 0 spiro atoms. The van der Waals surface area contributed by atoms with E-state index in [0.717, 1.165) is 4.90 Å². The molecular weight excluding hydrogens is 256 g/mol. The third-order valence-electron chi connectivity index (χ3n) is 3.56. The fourth-order valence-electron chi connectivity index (χ4n) is 2.43. The maximum absolute atomic E-state index is 9.21. The van der Waals surface area contributed by atoms with Crippen molar-refractivity contribution in [2.24, 2.45) is 10.8 Å². The third-order valence-corrected chi connectivity index (χ3v) is 4.30. The summed E-state index contributed by atoms with van der Waals surface area (Å²) in [5, 5.41) is 36.8. The molecular formula is C14H8N4S. The SMILES string of the molecule is CSc1ccc(C2C(C#N)(C#N)C2(C#N)C#N)cc1. The number of nitrogens with zero attached hydrogens (tertiary/aromatic N) is 4. The van der Waals surface area contributed by atoms with Crippen LogP contribution in [0.1, 0.15) is 11.5 Å². The van der Waals surface area contributed by atoms with Crippen LogP contribution < -0.4 is 0 Å². The minimum atomic E-state index is -1.56. The highest BCUT2D eigenvalue weighted by atomic mass is 32.2. The van der Waals surface area contributed by atoms with Crippen LogP contribution in [-0.2, 0) is 0 Å². The molecule has 0 aromatic heterocycles. The van der Waals surface area contributed by atoms with Crippen LogP contribution in [0.15, 0.2) is 29.2 Å². The normalized spacial score (nSPS) is 18.4. The zero-order valence-electron chi connectivity index (χ0n) is 10.1. The van der Waals surface area contributed by atoms with Crippen molar-refractivity contribution in [1.29, 1.82) is 21.0 Å². The number of hydrogen-bond donors (Lipinski definition) is 0. The molecule has 4 nitrogen and oxygen atoms in total. The van der Waals surface area contributed by atoms with Crippen LogP contribution in [0.25, 0.3) is 0 Å². The molecule has 0 aliphatic heterocycles. The number of rotatable bonds is 2. The van der Waals surface area contributed by atoms with Crippen LogP contribution in [0.5, 0.6) is 0 Å². The zero-order valence-corrected chi connectivity index (χ0v) is 10.9. The highest BCUT2D eigenvalue weighted by Crippen LogP contribution is 2.73. The minimum absolute atomic E-state index is 0.666. The maximum Gasteiger partial charge on any atom is 0.185 e. The molecule has 1 aromatic carbocycles. The fraction of sp³-hybridized carbons (Fsp3) is 0.286. The molecule has 1 saturated carbocycles. The second kappa shape index (κ2) is 4.33. The highest BCUT2D eigenvalue weighted by Gasteiger charge is 2.81. The monoisotopic (exact) mass is 264 g/mol. The van der Waals surface area contributed by atoms with Gasteiger partial charge in [0.25, 0.3) is 0 Å². The van der Waals surface area contributed by atoms with E-state index < -0.39 is 16.7 Å². The van der Waals surface area contributed by atoms with E-state index in [9.17, 15) is 21.0 Å². The Kier molecular flexibility index (Phi) is 2.95. The zero-order chi connectivity index (χ0) is 14.1. The molecule has 19 heavy (non-hydrogen) atoms. The molecule has 1 fully saturated rings. The molecule has 1 aliphatic rings. The first-order valence-corrected chi connectivity index (χ1v) is 6.67. The van der Waals surface area contributed by atoms with Gasteiger partial charge < -0.3 is 0 Å². The lowest BCUT2D eigenvalue weighted by Gasteiger charge is -2.01. The average molecular weight is 264 g/mol. The molecule has 5 heteroatoms. The van der Waals surface area contributed by atoms with Gasteiger partial charge in [0.1, 0.15) is 0 Å². The molecule has 0 atom stereocenters. The van der Waals surface area contributed by atoms with E-state index in [1.54, 1.807) is 23.9 Å². The van der Waals surface area contributed by atoms with E-state index in [2.05, 4.69) is 0 Å². The summed E-state index contributed by atoms with van der Waals surface area (Å²) in [5.41, 5.74) is -2.43. The van der Waals surface area contributed by atoms with Crippen molar-refractivity contribution in [3.8, 4) is 24.3 Å². The van der Waals surface area contributed by atoms with Gasteiger partial charge in [0.05, 0.1) is 30.2 Å². The Morgan fingerprint density at radius 2 is 1.32 bits per heavy atom. The maximum atomic E-state index is 9.21. The Bertz CT molecular complexity index is 613. The summed E-state index contributed by atoms with van der Waals surface area (Å²) in [5.74, 6) is -0.666.